The Morgan fingerprint density at radius 1 is 1.25 bits per heavy atom. The number of pyridine rings is 1. The zero-order chi connectivity index (χ0) is 14.1. The van der Waals surface area contributed by atoms with Gasteiger partial charge in [-0.15, -0.1) is 0 Å². The molecule has 0 unspecified atom stereocenters. The van der Waals surface area contributed by atoms with E-state index in [9.17, 15) is 9.18 Å². The molecular formula is C14H10FN3O2. The Hall–Kier alpha value is -2.76. The minimum Gasteiger partial charge on any atom is -0.477 e. The summed E-state index contributed by atoms with van der Waals surface area (Å²) in [6.07, 6.45) is 3.09. The number of carbonyl (C=O) groups is 1. The molecule has 0 amide bonds. The van der Waals surface area contributed by atoms with Gasteiger partial charge in [0.1, 0.15) is 11.5 Å². The van der Waals surface area contributed by atoms with E-state index in [0.717, 1.165) is 11.1 Å². The molecule has 0 aliphatic rings. The van der Waals surface area contributed by atoms with Crippen molar-refractivity contribution in [2.24, 2.45) is 0 Å². The predicted octanol–water partition coefficient (Wildman–Crippen LogP) is 2.32. The van der Waals surface area contributed by atoms with Crippen LogP contribution in [0.25, 0.3) is 11.0 Å². The monoisotopic (exact) mass is 271 g/mol. The molecule has 0 spiro atoms. The standard InChI is InChI=1S/C14H10FN3O2/c15-10-3-1-9(2-4-10)7-18-8-17-11-5-12(14(19)20)16-6-13(11)18/h1-6,8H,7H2,(H,19,20). The van der Waals surface area contributed by atoms with Gasteiger partial charge in [0.2, 0.25) is 0 Å². The molecule has 0 saturated heterocycles. The van der Waals surface area contributed by atoms with Gasteiger partial charge >= 0.3 is 5.97 Å². The number of fused-ring (bicyclic) bond motifs is 1. The molecular weight excluding hydrogens is 261 g/mol. The molecule has 0 bridgehead atoms. The molecule has 0 fully saturated rings. The number of hydrogen-bond acceptors (Lipinski definition) is 3. The number of aromatic nitrogens is 3. The largest absolute Gasteiger partial charge is 0.477 e. The highest BCUT2D eigenvalue weighted by atomic mass is 19.1. The van der Waals surface area contributed by atoms with Gasteiger partial charge in [-0.25, -0.2) is 19.2 Å². The molecule has 3 rings (SSSR count). The Balaban J connectivity index is 1.96. The lowest BCUT2D eigenvalue weighted by atomic mass is 10.2. The van der Waals surface area contributed by atoms with Crippen molar-refractivity contribution in [3.8, 4) is 0 Å². The summed E-state index contributed by atoms with van der Waals surface area (Å²) in [4.78, 5) is 18.9. The third-order valence-electron chi connectivity index (χ3n) is 2.99. The lowest BCUT2D eigenvalue weighted by Gasteiger charge is -2.04. The van der Waals surface area contributed by atoms with Crippen molar-refractivity contribution in [1.29, 1.82) is 0 Å². The van der Waals surface area contributed by atoms with Gasteiger partial charge in [0, 0.05) is 6.54 Å². The van der Waals surface area contributed by atoms with Crippen molar-refractivity contribution < 1.29 is 14.3 Å². The SMILES string of the molecule is O=C(O)c1cc2ncn(Cc3ccc(F)cc3)c2cn1. The van der Waals surface area contributed by atoms with Crippen LogP contribution in [0.15, 0.2) is 42.9 Å². The zero-order valence-corrected chi connectivity index (χ0v) is 10.3. The summed E-state index contributed by atoms with van der Waals surface area (Å²) in [6, 6.07) is 7.61. The van der Waals surface area contributed by atoms with Gasteiger partial charge in [-0.3, -0.25) is 0 Å². The number of benzene rings is 1. The zero-order valence-electron chi connectivity index (χ0n) is 10.3. The number of nitrogens with zero attached hydrogens (tertiary/aromatic N) is 3. The summed E-state index contributed by atoms with van der Waals surface area (Å²) in [5, 5.41) is 8.88. The Kier molecular flexibility index (Phi) is 2.90. The average molecular weight is 271 g/mol. The second-order valence-corrected chi connectivity index (χ2v) is 4.36. The molecule has 2 heterocycles. The van der Waals surface area contributed by atoms with E-state index in [2.05, 4.69) is 9.97 Å². The lowest BCUT2D eigenvalue weighted by Crippen LogP contribution is -2.01. The smallest absolute Gasteiger partial charge is 0.354 e. The van der Waals surface area contributed by atoms with Gasteiger partial charge in [-0.1, -0.05) is 12.1 Å². The van der Waals surface area contributed by atoms with E-state index < -0.39 is 5.97 Å². The number of carboxylic acid groups (broad SMARTS) is 1. The third kappa shape index (κ3) is 2.23. The molecule has 20 heavy (non-hydrogen) atoms. The van der Waals surface area contributed by atoms with Crippen LogP contribution >= 0.6 is 0 Å². The first-order valence-electron chi connectivity index (χ1n) is 5.92. The molecule has 0 aliphatic heterocycles. The summed E-state index contributed by atoms with van der Waals surface area (Å²) < 4.78 is 14.7. The number of rotatable bonds is 3. The van der Waals surface area contributed by atoms with Gasteiger partial charge < -0.3 is 9.67 Å². The van der Waals surface area contributed by atoms with Crippen LogP contribution < -0.4 is 0 Å². The van der Waals surface area contributed by atoms with Crippen LogP contribution in [-0.2, 0) is 6.54 Å². The maximum Gasteiger partial charge on any atom is 0.354 e. The molecule has 1 aromatic carbocycles. The van der Waals surface area contributed by atoms with Crippen molar-refractivity contribution in [3.63, 3.8) is 0 Å². The fourth-order valence-electron chi connectivity index (χ4n) is 1.99. The molecule has 0 radical (unpaired) electrons. The van der Waals surface area contributed by atoms with E-state index in [4.69, 9.17) is 5.11 Å². The van der Waals surface area contributed by atoms with Crippen molar-refractivity contribution >= 4 is 17.0 Å². The normalized spacial score (nSPS) is 10.8. The van der Waals surface area contributed by atoms with Gasteiger partial charge in [0.05, 0.1) is 23.6 Å². The third-order valence-corrected chi connectivity index (χ3v) is 2.99. The Labute approximate surface area is 113 Å². The Morgan fingerprint density at radius 3 is 2.70 bits per heavy atom. The van der Waals surface area contributed by atoms with Crippen LogP contribution in [0.4, 0.5) is 4.39 Å². The maximum atomic E-state index is 12.9. The molecule has 5 nitrogen and oxygen atoms in total. The predicted molar refractivity (Wildman–Crippen MR) is 70.0 cm³/mol. The van der Waals surface area contributed by atoms with Crippen molar-refractivity contribution in [2.45, 2.75) is 6.54 Å². The molecule has 100 valence electrons. The summed E-state index contributed by atoms with van der Waals surface area (Å²) in [7, 11) is 0. The number of halogens is 1. The maximum absolute atomic E-state index is 12.9. The number of hydrogen-bond donors (Lipinski definition) is 1. The van der Waals surface area contributed by atoms with Crippen LogP contribution in [0.5, 0.6) is 0 Å². The fraction of sp³-hybridized carbons (Fsp3) is 0.0714. The van der Waals surface area contributed by atoms with Crippen molar-refractivity contribution in [3.05, 3.63) is 59.9 Å². The number of aromatic carboxylic acids is 1. The summed E-state index contributed by atoms with van der Waals surface area (Å²) >= 11 is 0. The van der Waals surface area contributed by atoms with Gasteiger partial charge in [0.15, 0.2) is 0 Å². The molecule has 1 N–H and O–H groups in total. The minimum absolute atomic E-state index is 0.0375. The van der Waals surface area contributed by atoms with Gasteiger partial charge in [-0.2, -0.15) is 0 Å². The number of imidazole rings is 1. The second kappa shape index (κ2) is 4.73. The first kappa shape index (κ1) is 12.3. The quantitative estimate of drug-likeness (QED) is 0.793. The van der Waals surface area contributed by atoms with E-state index in [0.29, 0.717) is 12.1 Å². The van der Waals surface area contributed by atoms with Crippen LogP contribution in [0.1, 0.15) is 16.1 Å². The molecule has 2 aromatic heterocycles. The molecule has 0 saturated carbocycles. The highest BCUT2D eigenvalue weighted by molar-refractivity contribution is 5.89. The molecule has 0 atom stereocenters. The minimum atomic E-state index is -1.08. The topological polar surface area (TPSA) is 68.0 Å². The Morgan fingerprint density at radius 2 is 2.00 bits per heavy atom. The van der Waals surface area contributed by atoms with E-state index >= 15 is 0 Å². The average Bonchev–Trinajstić information content (AvgIpc) is 2.84. The van der Waals surface area contributed by atoms with Crippen LogP contribution in [0, 0.1) is 5.82 Å². The van der Waals surface area contributed by atoms with Crippen LogP contribution in [-0.4, -0.2) is 25.6 Å². The Bertz CT molecular complexity index is 781. The highest BCUT2D eigenvalue weighted by Gasteiger charge is 2.09. The molecule has 3 aromatic rings. The summed E-state index contributed by atoms with van der Waals surface area (Å²) in [5.41, 5.74) is 2.19. The molecule has 6 heteroatoms. The highest BCUT2D eigenvalue weighted by Crippen LogP contribution is 2.15. The van der Waals surface area contributed by atoms with Crippen LogP contribution in [0.2, 0.25) is 0 Å². The second-order valence-electron chi connectivity index (χ2n) is 4.36. The van der Waals surface area contributed by atoms with Crippen LogP contribution in [0.3, 0.4) is 0 Å². The number of carboxylic acids is 1. The van der Waals surface area contributed by atoms with E-state index in [-0.39, 0.29) is 11.5 Å². The summed E-state index contributed by atoms with van der Waals surface area (Å²) in [5.74, 6) is -1.36. The van der Waals surface area contributed by atoms with Gasteiger partial charge in [0.25, 0.3) is 0 Å². The first-order valence-corrected chi connectivity index (χ1v) is 5.92. The van der Waals surface area contributed by atoms with E-state index in [1.54, 1.807) is 18.5 Å². The van der Waals surface area contributed by atoms with Crippen molar-refractivity contribution in [1.82, 2.24) is 14.5 Å². The molecule has 0 aliphatic carbocycles. The lowest BCUT2D eigenvalue weighted by molar-refractivity contribution is 0.0690. The summed E-state index contributed by atoms with van der Waals surface area (Å²) in [6.45, 7) is 0.519. The van der Waals surface area contributed by atoms with E-state index in [1.807, 2.05) is 4.57 Å². The first-order chi connectivity index (χ1) is 9.63. The van der Waals surface area contributed by atoms with Gasteiger partial charge in [-0.05, 0) is 23.8 Å². The van der Waals surface area contributed by atoms with E-state index in [1.165, 1.54) is 24.4 Å². The van der Waals surface area contributed by atoms with Crippen molar-refractivity contribution in [2.75, 3.05) is 0 Å². The fourth-order valence-corrected chi connectivity index (χ4v) is 1.99.